The van der Waals surface area contributed by atoms with Crippen LogP contribution in [0.1, 0.15) is 54.9 Å². The maximum Gasteiger partial charge on any atom is 0.513 e. The number of nitrogens with zero attached hydrogens (tertiary/aromatic N) is 4. The van der Waals surface area contributed by atoms with E-state index in [4.69, 9.17) is 25.8 Å². The van der Waals surface area contributed by atoms with E-state index in [0.717, 1.165) is 35.1 Å². The molecular formula is C30H37ClN6O7. The van der Waals surface area contributed by atoms with Gasteiger partial charge < -0.3 is 29.7 Å². The highest BCUT2D eigenvalue weighted by atomic mass is 35.5. The number of aromatic nitrogens is 1. The molecule has 1 aromatic heterocycles. The average molecular weight is 629 g/mol. The fraction of sp³-hybridized carbons (Fsp3) is 0.467. The van der Waals surface area contributed by atoms with E-state index in [1.807, 2.05) is 38.1 Å². The van der Waals surface area contributed by atoms with Gasteiger partial charge in [-0.3, -0.25) is 4.79 Å². The highest BCUT2D eigenvalue weighted by Gasteiger charge is 2.50. The average Bonchev–Trinajstić information content (AvgIpc) is 3.52. The normalized spacial score (nSPS) is 21.9. The van der Waals surface area contributed by atoms with Gasteiger partial charge in [-0.05, 0) is 69.2 Å². The Bertz CT molecular complexity index is 1440. The molecule has 0 atom stereocenters. The number of methoxy groups -OCH3 is 1. The summed E-state index contributed by atoms with van der Waals surface area (Å²) >= 11 is 5.68. The third-order valence-electron chi connectivity index (χ3n) is 7.77. The van der Waals surface area contributed by atoms with Gasteiger partial charge in [-0.25, -0.2) is 19.9 Å². The summed E-state index contributed by atoms with van der Waals surface area (Å²) in [4.78, 5) is 41.2. The zero-order valence-electron chi connectivity index (χ0n) is 25.2. The summed E-state index contributed by atoms with van der Waals surface area (Å²) in [6.45, 7) is 7.70. The van der Waals surface area contributed by atoms with E-state index in [0.29, 0.717) is 49.0 Å². The van der Waals surface area contributed by atoms with Gasteiger partial charge in [0.2, 0.25) is 0 Å². The highest BCUT2D eigenvalue weighted by molar-refractivity contribution is 6.29. The topological polar surface area (TPSA) is 158 Å². The van der Waals surface area contributed by atoms with E-state index >= 15 is 0 Å². The molecule has 44 heavy (non-hydrogen) atoms. The first-order valence-corrected chi connectivity index (χ1v) is 14.8. The number of carbonyl (C=O) groups excluding carboxylic acids is 2. The standard InChI is InChI=1S/C21H27NO5.C9H10ClN5O2/c1-5-26-20(24)27-18-17(16-12-13(2)6-7-14(16)3)19(23)22-21(18)10-8-15(25-4)9-11-21;10-8-2-1-7(5-12-8)6-14-4-3-11-9(14)13-15(16)17/h6-7,12,15H,5,8-11H2,1-4H3,(H,22,23);1-2,5H,3-4,6H2,(H,11,13). The number of amides is 1. The summed E-state index contributed by atoms with van der Waals surface area (Å²) in [7, 11) is 1.70. The highest BCUT2D eigenvalue weighted by Crippen LogP contribution is 2.44. The molecule has 2 N–H and O–H groups in total. The van der Waals surface area contributed by atoms with Crippen molar-refractivity contribution in [2.24, 2.45) is 5.10 Å². The molecule has 2 fully saturated rings. The summed E-state index contributed by atoms with van der Waals surface area (Å²) < 4.78 is 16.1. The first-order valence-electron chi connectivity index (χ1n) is 14.4. The number of hydrazone groups is 1. The Morgan fingerprint density at radius 2 is 2.00 bits per heavy atom. The predicted octanol–water partition coefficient (Wildman–Crippen LogP) is 4.33. The van der Waals surface area contributed by atoms with Crippen LogP contribution in [0.3, 0.4) is 0 Å². The number of benzene rings is 1. The van der Waals surface area contributed by atoms with Gasteiger partial charge in [0, 0.05) is 32.9 Å². The maximum atomic E-state index is 13.0. The number of hydrogen-bond acceptors (Lipinski definition) is 8. The molecule has 1 amide bonds. The number of pyridine rings is 1. The second-order valence-electron chi connectivity index (χ2n) is 10.8. The zero-order chi connectivity index (χ0) is 31.9. The molecule has 0 bridgehead atoms. The Morgan fingerprint density at radius 3 is 2.64 bits per heavy atom. The number of guanidine groups is 1. The lowest BCUT2D eigenvalue weighted by Crippen LogP contribution is -2.49. The number of nitrogens with one attached hydrogen (secondary N) is 2. The van der Waals surface area contributed by atoms with E-state index in [2.05, 4.69) is 20.7 Å². The van der Waals surface area contributed by atoms with E-state index in [1.165, 1.54) is 0 Å². The molecule has 0 unspecified atom stereocenters. The van der Waals surface area contributed by atoms with Gasteiger partial charge in [-0.2, -0.15) is 0 Å². The largest absolute Gasteiger partial charge is 0.513 e. The van der Waals surface area contributed by atoms with Crippen molar-refractivity contribution in [3.63, 3.8) is 0 Å². The minimum absolute atomic E-state index is 0.154. The molecule has 1 saturated carbocycles. The van der Waals surface area contributed by atoms with E-state index in [1.54, 1.807) is 31.2 Å². The maximum absolute atomic E-state index is 13.0. The summed E-state index contributed by atoms with van der Waals surface area (Å²) in [5.41, 5.74) is 3.45. The summed E-state index contributed by atoms with van der Waals surface area (Å²) in [6, 6.07) is 9.44. The van der Waals surface area contributed by atoms with Crippen LogP contribution < -0.4 is 10.6 Å². The number of aryl methyl sites for hydroxylation is 2. The number of ether oxygens (including phenoxy) is 3. The molecule has 1 aliphatic carbocycles. The van der Waals surface area contributed by atoms with E-state index in [9.17, 15) is 19.7 Å². The molecule has 13 nitrogen and oxygen atoms in total. The van der Waals surface area contributed by atoms with Gasteiger partial charge >= 0.3 is 6.16 Å². The Balaban J connectivity index is 0.000000223. The number of carbonyl (C=O) groups is 2. The van der Waals surface area contributed by atoms with Crippen molar-refractivity contribution in [2.75, 3.05) is 26.8 Å². The van der Waals surface area contributed by atoms with Crippen LogP contribution in [-0.4, -0.2) is 71.4 Å². The molecule has 2 aliphatic heterocycles. The van der Waals surface area contributed by atoms with Crippen LogP contribution in [0.2, 0.25) is 5.15 Å². The van der Waals surface area contributed by atoms with Gasteiger partial charge in [0.1, 0.15) is 16.0 Å². The third-order valence-corrected chi connectivity index (χ3v) is 8.00. The van der Waals surface area contributed by atoms with Crippen molar-refractivity contribution in [1.82, 2.24) is 20.5 Å². The minimum atomic E-state index is -0.778. The van der Waals surface area contributed by atoms with Gasteiger partial charge in [-0.15, -0.1) is 0 Å². The van der Waals surface area contributed by atoms with Crippen LogP contribution >= 0.6 is 11.6 Å². The number of nitro groups is 1. The van der Waals surface area contributed by atoms with Crippen molar-refractivity contribution < 1.29 is 28.8 Å². The van der Waals surface area contributed by atoms with Crippen molar-refractivity contribution in [3.05, 3.63) is 79.8 Å². The molecule has 1 spiro atoms. The van der Waals surface area contributed by atoms with E-state index in [-0.39, 0.29) is 24.6 Å². The Kier molecular flexibility index (Phi) is 10.8. The van der Waals surface area contributed by atoms with Crippen molar-refractivity contribution in [1.29, 1.82) is 0 Å². The number of hydrogen-bond donors (Lipinski definition) is 2. The Labute approximate surface area is 260 Å². The smallest absolute Gasteiger partial charge is 0.434 e. The lowest BCUT2D eigenvalue weighted by atomic mass is 9.79. The SMILES string of the molecule is CCOC(=O)OC1=C(c2cc(C)ccc2C)C(=O)NC12CCC(OC)CC2.O=[N+]([O-])/N=C1\NCCN1Cc1ccc(Cl)nc1. The zero-order valence-corrected chi connectivity index (χ0v) is 26.0. The van der Waals surface area contributed by atoms with Gasteiger partial charge in [-0.1, -0.05) is 41.4 Å². The number of rotatable bonds is 7. The van der Waals surface area contributed by atoms with Crippen molar-refractivity contribution in [3.8, 4) is 0 Å². The molecule has 3 heterocycles. The summed E-state index contributed by atoms with van der Waals surface area (Å²) in [6.07, 6.45) is 3.89. The predicted molar refractivity (Wildman–Crippen MR) is 163 cm³/mol. The van der Waals surface area contributed by atoms with Crippen LogP contribution in [-0.2, 0) is 25.5 Å². The van der Waals surface area contributed by atoms with Crippen LogP contribution in [0.5, 0.6) is 0 Å². The molecule has 3 aliphatic rings. The number of halogens is 1. The molecule has 236 valence electrons. The molecule has 0 radical (unpaired) electrons. The Morgan fingerprint density at radius 1 is 1.25 bits per heavy atom. The van der Waals surface area contributed by atoms with Gasteiger partial charge in [0.15, 0.2) is 5.03 Å². The van der Waals surface area contributed by atoms with Crippen LogP contribution in [0.4, 0.5) is 4.79 Å². The first-order chi connectivity index (χ1) is 21.0. The lowest BCUT2D eigenvalue weighted by Gasteiger charge is -2.37. The first kappa shape index (κ1) is 32.7. The molecule has 1 saturated heterocycles. The van der Waals surface area contributed by atoms with Crippen LogP contribution in [0.15, 0.2) is 47.4 Å². The summed E-state index contributed by atoms with van der Waals surface area (Å²) in [5, 5.41) is 19.3. The van der Waals surface area contributed by atoms with Gasteiger partial charge in [0.05, 0.1) is 23.8 Å². The second-order valence-corrected chi connectivity index (χ2v) is 11.2. The fourth-order valence-electron chi connectivity index (χ4n) is 5.55. The second kappa shape index (κ2) is 14.5. The van der Waals surface area contributed by atoms with Crippen LogP contribution in [0.25, 0.3) is 5.57 Å². The van der Waals surface area contributed by atoms with Crippen LogP contribution in [0, 0.1) is 24.0 Å². The molecular weight excluding hydrogens is 592 g/mol. The lowest BCUT2D eigenvalue weighted by molar-refractivity contribution is -0.485. The Hall–Kier alpha value is -4.23. The minimum Gasteiger partial charge on any atom is -0.434 e. The molecule has 14 heteroatoms. The van der Waals surface area contributed by atoms with Crippen molar-refractivity contribution in [2.45, 2.75) is 64.6 Å². The molecule has 2 aromatic rings. The monoisotopic (exact) mass is 628 g/mol. The van der Waals surface area contributed by atoms with Crippen molar-refractivity contribution >= 4 is 35.2 Å². The molecule has 5 rings (SSSR count). The van der Waals surface area contributed by atoms with Gasteiger partial charge in [0.25, 0.3) is 11.9 Å². The van der Waals surface area contributed by atoms with E-state index < -0.39 is 16.7 Å². The third kappa shape index (κ3) is 7.83. The quantitative estimate of drug-likeness (QED) is 0.196. The summed E-state index contributed by atoms with van der Waals surface area (Å²) in [5.74, 6) is 0.456. The molecule has 1 aromatic carbocycles. The fourth-order valence-corrected chi connectivity index (χ4v) is 5.66.